The first-order valence-corrected chi connectivity index (χ1v) is 12.0. The van der Waals surface area contributed by atoms with Gasteiger partial charge in [-0.25, -0.2) is 0 Å². The lowest BCUT2D eigenvalue weighted by atomic mass is 10.0. The molecule has 0 aliphatic rings. The second kappa shape index (κ2) is 16.7. The van der Waals surface area contributed by atoms with Gasteiger partial charge in [0.2, 0.25) is 5.91 Å². The van der Waals surface area contributed by atoms with Crippen molar-refractivity contribution in [3.8, 4) is 0 Å². The lowest BCUT2D eigenvalue weighted by Gasteiger charge is -2.34. The predicted molar refractivity (Wildman–Crippen MR) is 135 cm³/mol. The Balaban J connectivity index is 3.23. The summed E-state index contributed by atoms with van der Waals surface area (Å²) in [6, 6.07) is 5.79. The van der Waals surface area contributed by atoms with Crippen molar-refractivity contribution < 1.29 is 54.3 Å². The summed E-state index contributed by atoms with van der Waals surface area (Å²) in [4.78, 5) is 72.0. The van der Waals surface area contributed by atoms with E-state index in [9.17, 15) is 44.1 Å². The van der Waals surface area contributed by atoms with Crippen LogP contribution in [-0.4, -0.2) is 134 Å². The molecule has 0 fully saturated rings. The van der Waals surface area contributed by atoms with Crippen LogP contribution >= 0.6 is 0 Å². The molecule has 39 heavy (non-hydrogen) atoms. The Hall–Kier alpha value is -4.08. The number of nitrogens with zero attached hydrogens (tertiary/aromatic N) is 3. The summed E-state index contributed by atoms with van der Waals surface area (Å²) in [6.07, 6.45) is 0.394. The molecule has 1 unspecified atom stereocenters. The highest BCUT2D eigenvalue weighted by Crippen LogP contribution is 2.15. The van der Waals surface area contributed by atoms with Gasteiger partial charge in [0.25, 0.3) is 0 Å². The molecule has 0 bridgehead atoms. The maximum Gasteiger partial charge on any atom is 0.317 e. The Morgan fingerprint density at radius 3 is 1.56 bits per heavy atom. The third-order valence-corrected chi connectivity index (χ3v) is 5.50. The molecule has 0 aromatic heterocycles. The highest BCUT2D eigenvalue weighted by molar-refractivity contribution is 5.90. The minimum atomic E-state index is -1.29. The SMILES string of the molecule is CCC(=O)Nc1ccc(CC(CN(CCN(CC(=O)O)CC(=O)O)CC(=O)O)N(CC(=O)O)CC(=O)O)cc1. The number of carboxylic acids is 5. The first-order chi connectivity index (χ1) is 18.3. The zero-order chi connectivity index (χ0) is 29.5. The number of anilines is 1. The molecule has 1 atom stereocenters. The van der Waals surface area contributed by atoms with Crippen LogP contribution in [0.1, 0.15) is 18.9 Å². The lowest BCUT2D eigenvalue weighted by molar-refractivity contribution is -0.144. The van der Waals surface area contributed by atoms with E-state index in [-0.39, 0.29) is 38.4 Å². The molecule has 1 amide bonds. The molecule has 0 saturated carbocycles. The van der Waals surface area contributed by atoms with Gasteiger partial charge in [-0.15, -0.1) is 0 Å². The predicted octanol–water partition coefficient (Wildman–Crippen LogP) is -0.725. The minimum Gasteiger partial charge on any atom is -0.480 e. The van der Waals surface area contributed by atoms with Gasteiger partial charge in [0.15, 0.2) is 0 Å². The number of carbonyl (C=O) groups is 6. The summed E-state index contributed by atoms with van der Waals surface area (Å²) >= 11 is 0. The van der Waals surface area contributed by atoms with Gasteiger partial charge in [0.05, 0.1) is 32.7 Å². The lowest BCUT2D eigenvalue weighted by Crippen LogP contribution is -2.51. The highest BCUT2D eigenvalue weighted by Gasteiger charge is 2.27. The molecule has 1 rings (SSSR count). The Morgan fingerprint density at radius 2 is 1.13 bits per heavy atom. The summed E-state index contributed by atoms with van der Waals surface area (Å²) in [5.74, 6) is -6.57. The van der Waals surface area contributed by atoms with Crippen LogP contribution in [0.2, 0.25) is 0 Å². The maximum atomic E-state index is 11.6. The Kier molecular flexibility index (Phi) is 14.1. The smallest absolute Gasteiger partial charge is 0.317 e. The summed E-state index contributed by atoms with van der Waals surface area (Å²) in [5, 5.41) is 49.0. The van der Waals surface area contributed by atoms with E-state index in [0.717, 1.165) is 4.90 Å². The molecule has 0 saturated heterocycles. The van der Waals surface area contributed by atoms with Crippen molar-refractivity contribution >= 4 is 41.4 Å². The third-order valence-electron chi connectivity index (χ3n) is 5.50. The number of carboxylic acid groups (broad SMARTS) is 5. The van der Waals surface area contributed by atoms with Gasteiger partial charge in [0.1, 0.15) is 0 Å². The van der Waals surface area contributed by atoms with Crippen LogP contribution in [0.15, 0.2) is 24.3 Å². The summed E-state index contributed by atoms with van der Waals surface area (Å²) in [5.41, 5.74) is 1.18. The fraction of sp³-hybridized carbons (Fsp3) is 0.500. The molecule has 6 N–H and O–H groups in total. The zero-order valence-electron chi connectivity index (χ0n) is 21.5. The Morgan fingerprint density at radius 1 is 0.692 bits per heavy atom. The number of carbonyl (C=O) groups excluding carboxylic acids is 1. The second-order valence-electron chi connectivity index (χ2n) is 8.78. The van der Waals surface area contributed by atoms with Gasteiger partial charge in [-0.2, -0.15) is 0 Å². The van der Waals surface area contributed by atoms with E-state index in [1.54, 1.807) is 31.2 Å². The minimum absolute atomic E-state index is 0.0840. The maximum absolute atomic E-state index is 11.6. The van der Waals surface area contributed by atoms with Crippen LogP contribution in [0.5, 0.6) is 0 Å². The first kappa shape index (κ1) is 32.9. The molecule has 0 aliphatic carbocycles. The molecule has 15 heteroatoms. The van der Waals surface area contributed by atoms with Gasteiger partial charge in [-0.1, -0.05) is 19.1 Å². The first-order valence-electron chi connectivity index (χ1n) is 12.0. The number of hydrogen-bond acceptors (Lipinski definition) is 9. The van der Waals surface area contributed by atoms with Gasteiger partial charge in [0, 0.05) is 37.8 Å². The highest BCUT2D eigenvalue weighted by atomic mass is 16.4. The normalized spacial score (nSPS) is 11.9. The summed E-state index contributed by atoms with van der Waals surface area (Å²) in [6.45, 7) is -1.65. The van der Waals surface area contributed by atoms with E-state index in [2.05, 4.69) is 5.32 Å². The largest absolute Gasteiger partial charge is 0.480 e. The molecule has 0 aliphatic heterocycles. The average molecular weight is 555 g/mol. The van der Waals surface area contributed by atoms with Gasteiger partial charge < -0.3 is 30.8 Å². The van der Waals surface area contributed by atoms with Crippen molar-refractivity contribution in [1.29, 1.82) is 0 Å². The van der Waals surface area contributed by atoms with Crippen molar-refractivity contribution in [2.75, 3.05) is 57.7 Å². The van der Waals surface area contributed by atoms with Crippen LogP contribution in [0.4, 0.5) is 5.69 Å². The van der Waals surface area contributed by atoms with Crippen LogP contribution < -0.4 is 5.32 Å². The van der Waals surface area contributed by atoms with E-state index in [0.29, 0.717) is 11.3 Å². The van der Waals surface area contributed by atoms with E-state index in [1.165, 1.54) is 9.80 Å². The van der Waals surface area contributed by atoms with Crippen molar-refractivity contribution in [1.82, 2.24) is 14.7 Å². The van der Waals surface area contributed by atoms with Crippen molar-refractivity contribution in [2.45, 2.75) is 25.8 Å². The van der Waals surface area contributed by atoms with Crippen LogP contribution in [0, 0.1) is 0 Å². The van der Waals surface area contributed by atoms with E-state index < -0.39 is 68.6 Å². The summed E-state index contributed by atoms with van der Waals surface area (Å²) in [7, 11) is 0. The number of aliphatic carboxylic acids is 5. The Labute approximate surface area is 224 Å². The van der Waals surface area contributed by atoms with Crippen molar-refractivity contribution in [2.24, 2.45) is 0 Å². The molecule has 0 radical (unpaired) electrons. The number of benzene rings is 1. The van der Waals surface area contributed by atoms with Gasteiger partial charge >= 0.3 is 29.8 Å². The molecule has 15 nitrogen and oxygen atoms in total. The zero-order valence-corrected chi connectivity index (χ0v) is 21.5. The number of hydrogen-bond donors (Lipinski definition) is 6. The number of nitrogens with one attached hydrogen (secondary N) is 1. The summed E-state index contributed by atoms with van der Waals surface area (Å²) < 4.78 is 0. The van der Waals surface area contributed by atoms with E-state index in [1.807, 2.05) is 0 Å². The number of rotatable bonds is 20. The van der Waals surface area contributed by atoms with Crippen molar-refractivity contribution in [3.05, 3.63) is 29.8 Å². The average Bonchev–Trinajstić information content (AvgIpc) is 2.81. The fourth-order valence-electron chi connectivity index (χ4n) is 3.82. The molecule has 0 spiro atoms. The van der Waals surface area contributed by atoms with Gasteiger partial charge in [-0.3, -0.25) is 43.5 Å². The molecular formula is C24H34N4O11. The van der Waals surface area contributed by atoms with E-state index in [4.69, 9.17) is 10.2 Å². The van der Waals surface area contributed by atoms with Gasteiger partial charge in [-0.05, 0) is 24.1 Å². The molecule has 1 aromatic carbocycles. The number of amides is 1. The van der Waals surface area contributed by atoms with Crippen LogP contribution in [0.3, 0.4) is 0 Å². The van der Waals surface area contributed by atoms with Crippen LogP contribution in [-0.2, 0) is 35.2 Å². The molecule has 1 aromatic rings. The fourth-order valence-corrected chi connectivity index (χ4v) is 3.82. The monoisotopic (exact) mass is 554 g/mol. The molecule has 216 valence electrons. The Bertz CT molecular complexity index is 984. The molecule has 0 heterocycles. The topological polar surface area (TPSA) is 225 Å². The van der Waals surface area contributed by atoms with Crippen LogP contribution in [0.25, 0.3) is 0 Å². The van der Waals surface area contributed by atoms with E-state index >= 15 is 0 Å². The standard InChI is InChI=1S/C24H34N4O11/c1-2-19(29)25-17-5-3-16(4-6-17)9-18(28(14-23(36)37)15-24(38)39)10-26(11-20(30)31)7-8-27(12-21(32)33)13-22(34)35/h3-6,18H,2,7-15H2,1H3,(H,25,29)(H,30,31)(H,32,33)(H,34,35)(H,36,37)(H,38,39). The molecular weight excluding hydrogens is 520 g/mol. The second-order valence-corrected chi connectivity index (χ2v) is 8.78. The van der Waals surface area contributed by atoms with Crippen molar-refractivity contribution in [3.63, 3.8) is 0 Å². The third kappa shape index (κ3) is 14.4. The quantitative estimate of drug-likeness (QED) is 0.117.